The Kier molecular flexibility index (Phi) is 3.42. The second-order valence-corrected chi connectivity index (χ2v) is 5.70. The van der Waals surface area contributed by atoms with E-state index in [2.05, 4.69) is 28.7 Å². The fourth-order valence-electron chi connectivity index (χ4n) is 2.96. The van der Waals surface area contributed by atoms with Gasteiger partial charge in [0, 0.05) is 0 Å². The number of fused-ring (bicyclic) bond motifs is 2. The summed E-state index contributed by atoms with van der Waals surface area (Å²) in [5, 5.41) is 0. The minimum atomic E-state index is 0.104. The zero-order valence-corrected chi connectivity index (χ0v) is 12.8. The molecule has 0 saturated heterocycles. The van der Waals surface area contributed by atoms with Crippen LogP contribution in [-0.4, -0.2) is 19.9 Å². The van der Waals surface area contributed by atoms with Crippen LogP contribution >= 0.6 is 0 Å². The summed E-state index contributed by atoms with van der Waals surface area (Å²) in [6, 6.07) is 16.2. The lowest BCUT2D eigenvalue weighted by atomic mass is 10.0. The summed E-state index contributed by atoms with van der Waals surface area (Å²) in [4.78, 5) is 16.4. The number of hydrogen-bond acceptors (Lipinski definition) is 2. The van der Waals surface area contributed by atoms with Gasteiger partial charge in [0.2, 0.25) is 0 Å². The maximum absolute atomic E-state index is 4.76. The smallest absolute Gasteiger partial charge is 0.117 e. The number of para-hydroxylation sites is 4. The molecule has 2 aromatic heterocycles. The van der Waals surface area contributed by atoms with Crippen molar-refractivity contribution in [1.82, 2.24) is 19.9 Å². The highest BCUT2D eigenvalue weighted by atomic mass is 15.0. The van der Waals surface area contributed by atoms with Gasteiger partial charge < -0.3 is 9.97 Å². The molecule has 0 fully saturated rings. The SMILES string of the molecule is C=CCCC(c1nc2ccccc2[nH]1)c1nc2ccccc2[nH]1. The molecule has 4 rings (SSSR count). The van der Waals surface area contributed by atoms with E-state index in [1.807, 2.05) is 42.5 Å². The summed E-state index contributed by atoms with van der Waals surface area (Å²) in [6.45, 7) is 3.84. The Morgan fingerprint density at radius 2 is 1.39 bits per heavy atom. The number of H-pyrrole nitrogens is 2. The number of allylic oxidation sites excluding steroid dienone is 1. The van der Waals surface area contributed by atoms with Crippen molar-refractivity contribution in [1.29, 1.82) is 0 Å². The quantitative estimate of drug-likeness (QED) is 0.532. The first-order valence-corrected chi connectivity index (χ1v) is 7.85. The van der Waals surface area contributed by atoms with E-state index in [4.69, 9.17) is 9.97 Å². The van der Waals surface area contributed by atoms with Gasteiger partial charge in [0.25, 0.3) is 0 Å². The van der Waals surface area contributed by atoms with Crippen LogP contribution in [0.25, 0.3) is 22.1 Å². The van der Waals surface area contributed by atoms with Crippen LogP contribution in [0, 0.1) is 0 Å². The molecular formula is C19H18N4. The van der Waals surface area contributed by atoms with Gasteiger partial charge in [0.1, 0.15) is 11.6 Å². The molecule has 0 saturated carbocycles. The van der Waals surface area contributed by atoms with Crippen molar-refractivity contribution in [2.75, 3.05) is 0 Å². The molecule has 23 heavy (non-hydrogen) atoms. The molecule has 0 amide bonds. The Morgan fingerprint density at radius 1 is 0.870 bits per heavy atom. The highest BCUT2D eigenvalue weighted by molar-refractivity contribution is 5.76. The van der Waals surface area contributed by atoms with E-state index >= 15 is 0 Å². The van der Waals surface area contributed by atoms with Gasteiger partial charge in [0.15, 0.2) is 0 Å². The summed E-state index contributed by atoms with van der Waals surface area (Å²) in [5.74, 6) is 2.01. The molecule has 0 atom stereocenters. The van der Waals surface area contributed by atoms with Gasteiger partial charge in [-0.3, -0.25) is 0 Å². The molecule has 0 aliphatic heterocycles. The third-order valence-corrected chi connectivity index (χ3v) is 4.13. The minimum absolute atomic E-state index is 0.104. The van der Waals surface area contributed by atoms with Crippen LogP contribution in [0.15, 0.2) is 61.2 Å². The number of rotatable bonds is 5. The fourth-order valence-corrected chi connectivity index (χ4v) is 2.96. The van der Waals surface area contributed by atoms with Crippen molar-refractivity contribution >= 4 is 22.1 Å². The Balaban J connectivity index is 1.80. The van der Waals surface area contributed by atoms with Crippen molar-refractivity contribution in [3.63, 3.8) is 0 Å². The zero-order valence-electron chi connectivity index (χ0n) is 12.8. The van der Waals surface area contributed by atoms with E-state index in [1.165, 1.54) is 0 Å². The molecule has 2 heterocycles. The van der Waals surface area contributed by atoms with E-state index < -0.39 is 0 Å². The van der Waals surface area contributed by atoms with Crippen LogP contribution in [0.5, 0.6) is 0 Å². The zero-order chi connectivity index (χ0) is 15.6. The number of aromatic amines is 2. The van der Waals surface area contributed by atoms with Crippen LogP contribution in [0.4, 0.5) is 0 Å². The standard InChI is InChI=1S/C19H18N4/c1-2-3-8-13(18-20-14-9-4-5-10-15(14)21-18)19-22-16-11-6-7-12-17(16)23-19/h2,4-7,9-13H,1,3,8H2,(H,20,21)(H,22,23). The molecular weight excluding hydrogens is 284 g/mol. The second kappa shape index (κ2) is 5.72. The molecule has 0 aliphatic carbocycles. The summed E-state index contributed by atoms with van der Waals surface area (Å²) in [5.41, 5.74) is 4.09. The van der Waals surface area contributed by atoms with Crippen molar-refractivity contribution in [2.45, 2.75) is 18.8 Å². The van der Waals surface area contributed by atoms with Crippen molar-refractivity contribution in [2.24, 2.45) is 0 Å². The van der Waals surface area contributed by atoms with Crippen LogP contribution in [-0.2, 0) is 0 Å². The van der Waals surface area contributed by atoms with Gasteiger partial charge in [-0.15, -0.1) is 6.58 Å². The number of nitrogens with zero attached hydrogens (tertiary/aromatic N) is 2. The van der Waals surface area contributed by atoms with Crippen LogP contribution in [0.2, 0.25) is 0 Å². The molecule has 0 unspecified atom stereocenters. The van der Waals surface area contributed by atoms with Crippen molar-refractivity contribution in [3.05, 3.63) is 72.8 Å². The van der Waals surface area contributed by atoms with E-state index in [9.17, 15) is 0 Å². The Hall–Kier alpha value is -2.88. The molecule has 0 radical (unpaired) electrons. The van der Waals surface area contributed by atoms with Gasteiger partial charge >= 0.3 is 0 Å². The third-order valence-electron chi connectivity index (χ3n) is 4.13. The van der Waals surface area contributed by atoms with Crippen LogP contribution in [0.3, 0.4) is 0 Å². The summed E-state index contributed by atoms with van der Waals surface area (Å²) >= 11 is 0. The number of imidazole rings is 2. The lowest BCUT2D eigenvalue weighted by Gasteiger charge is -2.10. The Bertz CT molecular complexity index is 824. The first-order valence-electron chi connectivity index (χ1n) is 7.85. The lowest BCUT2D eigenvalue weighted by Crippen LogP contribution is -2.05. The molecule has 0 bridgehead atoms. The lowest BCUT2D eigenvalue weighted by molar-refractivity contribution is 0.662. The predicted molar refractivity (Wildman–Crippen MR) is 93.5 cm³/mol. The normalized spacial score (nSPS) is 11.5. The van der Waals surface area contributed by atoms with Crippen LogP contribution < -0.4 is 0 Å². The minimum Gasteiger partial charge on any atom is -0.341 e. The van der Waals surface area contributed by atoms with Gasteiger partial charge in [-0.1, -0.05) is 30.3 Å². The first-order chi connectivity index (χ1) is 11.3. The molecule has 114 valence electrons. The average molecular weight is 302 g/mol. The molecule has 4 aromatic rings. The van der Waals surface area contributed by atoms with Gasteiger partial charge in [0.05, 0.1) is 28.0 Å². The average Bonchev–Trinajstić information content (AvgIpc) is 3.19. The molecule has 2 aromatic carbocycles. The predicted octanol–water partition coefficient (Wildman–Crippen LogP) is 4.54. The molecule has 4 nitrogen and oxygen atoms in total. The molecule has 0 aliphatic rings. The summed E-state index contributed by atoms with van der Waals surface area (Å²) in [6.07, 6.45) is 3.78. The van der Waals surface area contributed by atoms with Gasteiger partial charge in [-0.05, 0) is 37.1 Å². The van der Waals surface area contributed by atoms with Gasteiger partial charge in [-0.25, -0.2) is 9.97 Å². The fraction of sp³-hybridized carbons (Fsp3) is 0.158. The second-order valence-electron chi connectivity index (χ2n) is 5.70. The van der Waals surface area contributed by atoms with E-state index in [0.717, 1.165) is 46.6 Å². The summed E-state index contributed by atoms with van der Waals surface area (Å²) < 4.78 is 0. The maximum atomic E-state index is 4.76. The van der Waals surface area contributed by atoms with Crippen LogP contribution in [0.1, 0.15) is 30.4 Å². The molecule has 0 spiro atoms. The van der Waals surface area contributed by atoms with E-state index in [1.54, 1.807) is 0 Å². The maximum Gasteiger partial charge on any atom is 0.117 e. The van der Waals surface area contributed by atoms with Crippen molar-refractivity contribution < 1.29 is 0 Å². The Labute approximate surface area is 134 Å². The number of hydrogen-bond donors (Lipinski definition) is 2. The first kappa shape index (κ1) is 13.8. The largest absolute Gasteiger partial charge is 0.341 e. The molecule has 4 heteroatoms. The number of nitrogens with one attached hydrogen (secondary N) is 2. The van der Waals surface area contributed by atoms with Crippen molar-refractivity contribution in [3.8, 4) is 0 Å². The number of benzene rings is 2. The topological polar surface area (TPSA) is 57.4 Å². The highest BCUT2D eigenvalue weighted by Gasteiger charge is 2.21. The van der Waals surface area contributed by atoms with Gasteiger partial charge in [-0.2, -0.15) is 0 Å². The highest BCUT2D eigenvalue weighted by Crippen LogP contribution is 2.28. The number of aromatic nitrogens is 4. The summed E-state index contributed by atoms with van der Waals surface area (Å²) in [7, 11) is 0. The Morgan fingerprint density at radius 3 is 1.87 bits per heavy atom. The third kappa shape index (κ3) is 2.52. The monoisotopic (exact) mass is 302 g/mol. The van der Waals surface area contributed by atoms with E-state index in [-0.39, 0.29) is 5.92 Å². The molecule has 2 N–H and O–H groups in total. The van der Waals surface area contributed by atoms with E-state index in [0.29, 0.717) is 0 Å².